The van der Waals surface area contributed by atoms with Crippen LogP contribution in [-0.2, 0) is 22.8 Å². The van der Waals surface area contributed by atoms with E-state index >= 15 is 0 Å². The van der Waals surface area contributed by atoms with Gasteiger partial charge in [-0.05, 0) is 55.0 Å². The first kappa shape index (κ1) is 28.6. The van der Waals surface area contributed by atoms with E-state index in [1.54, 1.807) is 24.5 Å². The van der Waals surface area contributed by atoms with Crippen LogP contribution in [0.5, 0.6) is 0 Å². The number of H-pyrrole nitrogens is 2. The van der Waals surface area contributed by atoms with Crippen molar-refractivity contribution in [3.63, 3.8) is 0 Å². The van der Waals surface area contributed by atoms with Crippen molar-refractivity contribution in [1.29, 1.82) is 0 Å². The lowest BCUT2D eigenvalue weighted by Gasteiger charge is -2.36. The Balaban J connectivity index is 1.17. The molecule has 2 aliphatic heterocycles. The number of fused-ring (bicyclic) bond motifs is 2. The van der Waals surface area contributed by atoms with Crippen molar-refractivity contribution in [1.82, 2.24) is 24.8 Å². The number of pyridine rings is 1. The summed E-state index contributed by atoms with van der Waals surface area (Å²) in [6.07, 6.45) is 4.12. The minimum Gasteiger partial charge on any atom is -0.381 e. The third-order valence-corrected chi connectivity index (χ3v) is 11.0. The number of hydrogen-bond donors (Lipinski definition) is 3. The van der Waals surface area contributed by atoms with Gasteiger partial charge in [0.2, 0.25) is 0 Å². The molecular weight excluding hydrogens is 573 g/mol. The minimum atomic E-state index is -2.99. The maximum Gasteiger partial charge on any atom is 0.261 e. The number of nitrogens with zero attached hydrogens (tertiary/aromatic N) is 3. The molecule has 1 amide bonds. The molecule has 10 nitrogen and oxygen atoms in total. The quantitative estimate of drug-likeness (QED) is 0.249. The molecule has 3 N–H and O–H groups in total. The van der Waals surface area contributed by atoms with Crippen LogP contribution in [0, 0.1) is 0 Å². The molecule has 1 saturated heterocycles. The Kier molecular flexibility index (Phi) is 7.95. The summed E-state index contributed by atoms with van der Waals surface area (Å²) in [4.78, 5) is 42.7. The Morgan fingerprint density at radius 2 is 2.00 bits per heavy atom. The Morgan fingerprint density at radius 1 is 1.19 bits per heavy atom. The van der Waals surface area contributed by atoms with E-state index in [1.165, 1.54) is 4.88 Å². The van der Waals surface area contributed by atoms with Crippen LogP contribution in [0.2, 0.25) is 0 Å². The number of sulfone groups is 1. The predicted octanol–water partition coefficient (Wildman–Crippen LogP) is 3.88. The standard InChI is InChI=1S/C30H36N6O4S2/c1-3-42(39,40)14-12-35-10-7-21(8-11-35)36-18-20-16-25-26(17-23(20)30(36)38)34-28(33-25)27-24(6-9-31-29(27)37)32-19(2)15-22-5-4-13-41-22/h4-6,9,13,16-17,19,21H,3,7-8,10-12,14-15,18H2,1-2H3,(H,33,34)(H2,31,32,37)/t19-/m0/s1. The van der Waals surface area contributed by atoms with Crippen molar-refractivity contribution in [2.24, 2.45) is 0 Å². The molecule has 6 rings (SSSR count). The number of likely N-dealkylation sites (tertiary alicyclic amines) is 1. The first-order chi connectivity index (χ1) is 20.2. The fraction of sp³-hybridized carbons (Fsp3) is 0.433. The second kappa shape index (κ2) is 11.7. The number of piperidine rings is 1. The summed E-state index contributed by atoms with van der Waals surface area (Å²) in [5, 5.41) is 5.54. The van der Waals surface area contributed by atoms with Crippen molar-refractivity contribution < 1.29 is 13.2 Å². The summed E-state index contributed by atoms with van der Waals surface area (Å²) in [5.41, 5.74) is 3.94. The molecule has 5 heterocycles. The maximum atomic E-state index is 13.5. The highest BCUT2D eigenvalue weighted by molar-refractivity contribution is 7.91. The van der Waals surface area contributed by atoms with Crippen LogP contribution in [0.25, 0.3) is 22.4 Å². The van der Waals surface area contributed by atoms with Gasteiger partial charge in [-0.3, -0.25) is 9.59 Å². The molecule has 0 bridgehead atoms. The number of aromatic nitrogens is 3. The van der Waals surface area contributed by atoms with E-state index in [4.69, 9.17) is 4.98 Å². The molecule has 2 aliphatic rings. The molecule has 222 valence electrons. The molecule has 0 radical (unpaired) electrons. The third-order valence-electron chi connectivity index (χ3n) is 8.38. The summed E-state index contributed by atoms with van der Waals surface area (Å²) in [6, 6.07) is 10.0. The summed E-state index contributed by atoms with van der Waals surface area (Å²) in [5.74, 6) is 0.827. The van der Waals surface area contributed by atoms with Gasteiger partial charge in [-0.15, -0.1) is 11.3 Å². The lowest BCUT2D eigenvalue weighted by molar-refractivity contribution is 0.0603. The molecular formula is C30H36N6O4S2. The summed E-state index contributed by atoms with van der Waals surface area (Å²) in [6.45, 7) is 6.41. The normalized spacial score (nSPS) is 17.2. The Bertz CT molecular complexity index is 1750. The van der Waals surface area contributed by atoms with Gasteiger partial charge in [0, 0.05) is 67.1 Å². The Hall–Kier alpha value is -3.48. The van der Waals surface area contributed by atoms with E-state index < -0.39 is 9.84 Å². The van der Waals surface area contributed by atoms with E-state index in [0.29, 0.717) is 46.8 Å². The van der Waals surface area contributed by atoms with E-state index in [2.05, 4.69) is 38.6 Å². The van der Waals surface area contributed by atoms with Crippen molar-refractivity contribution in [2.75, 3.05) is 36.5 Å². The summed E-state index contributed by atoms with van der Waals surface area (Å²) in [7, 11) is -2.99. The van der Waals surface area contributed by atoms with Crippen LogP contribution >= 0.6 is 11.3 Å². The molecule has 0 unspecified atom stereocenters. The molecule has 42 heavy (non-hydrogen) atoms. The average Bonchev–Trinajstić information content (AvgIpc) is 3.70. The molecule has 4 aromatic rings. The number of carbonyl (C=O) groups is 1. The van der Waals surface area contributed by atoms with Crippen LogP contribution in [0.3, 0.4) is 0 Å². The van der Waals surface area contributed by atoms with Gasteiger partial charge in [0.1, 0.15) is 11.4 Å². The number of rotatable bonds is 10. The second-order valence-electron chi connectivity index (χ2n) is 11.3. The molecule has 1 atom stereocenters. The predicted molar refractivity (Wildman–Crippen MR) is 167 cm³/mol. The number of benzene rings is 1. The second-order valence-corrected chi connectivity index (χ2v) is 14.8. The number of anilines is 1. The zero-order valence-electron chi connectivity index (χ0n) is 23.9. The monoisotopic (exact) mass is 608 g/mol. The first-order valence-corrected chi connectivity index (χ1v) is 17.2. The van der Waals surface area contributed by atoms with E-state index in [0.717, 1.165) is 37.9 Å². The lowest BCUT2D eigenvalue weighted by atomic mass is 10.0. The molecule has 1 aromatic carbocycles. The van der Waals surface area contributed by atoms with Crippen molar-refractivity contribution in [2.45, 2.75) is 51.7 Å². The van der Waals surface area contributed by atoms with Gasteiger partial charge < -0.3 is 25.1 Å². The van der Waals surface area contributed by atoms with Crippen LogP contribution in [-0.4, -0.2) is 82.3 Å². The van der Waals surface area contributed by atoms with Gasteiger partial charge in [-0.1, -0.05) is 13.0 Å². The van der Waals surface area contributed by atoms with Crippen molar-refractivity contribution in [3.8, 4) is 11.4 Å². The SMILES string of the molecule is CCS(=O)(=O)CCN1CCC(N2Cc3cc4nc(-c5c(N[C@@H](C)Cc6cccs6)cc[nH]c5=O)[nH]c4cc3C2=O)CC1. The summed E-state index contributed by atoms with van der Waals surface area (Å²) >= 11 is 1.71. The van der Waals surface area contributed by atoms with E-state index in [9.17, 15) is 18.0 Å². The minimum absolute atomic E-state index is 0.0115. The smallest absolute Gasteiger partial charge is 0.261 e. The van der Waals surface area contributed by atoms with Crippen molar-refractivity contribution in [3.05, 3.63) is 68.3 Å². The molecule has 3 aromatic heterocycles. The van der Waals surface area contributed by atoms with Gasteiger partial charge in [-0.2, -0.15) is 0 Å². The molecule has 0 aliphatic carbocycles. The Morgan fingerprint density at radius 3 is 2.74 bits per heavy atom. The number of carbonyl (C=O) groups excluding carboxylic acids is 1. The lowest BCUT2D eigenvalue weighted by Crippen LogP contribution is -2.46. The highest BCUT2D eigenvalue weighted by atomic mass is 32.2. The van der Waals surface area contributed by atoms with E-state index in [-0.39, 0.29) is 35.1 Å². The van der Waals surface area contributed by atoms with Gasteiger partial charge >= 0.3 is 0 Å². The Labute approximate surface area is 249 Å². The van der Waals surface area contributed by atoms with Gasteiger partial charge in [0.25, 0.3) is 11.5 Å². The number of amides is 1. The number of hydrogen-bond acceptors (Lipinski definition) is 8. The fourth-order valence-electron chi connectivity index (χ4n) is 6.00. The number of aromatic amines is 2. The van der Waals surface area contributed by atoms with Crippen LogP contribution in [0.15, 0.2) is 46.7 Å². The highest BCUT2D eigenvalue weighted by Crippen LogP contribution is 2.33. The molecule has 12 heteroatoms. The molecule has 1 fully saturated rings. The van der Waals surface area contributed by atoms with Crippen LogP contribution in [0.4, 0.5) is 5.69 Å². The maximum absolute atomic E-state index is 13.5. The van der Waals surface area contributed by atoms with E-state index in [1.807, 2.05) is 29.2 Å². The van der Waals surface area contributed by atoms with Gasteiger partial charge in [0.15, 0.2) is 9.84 Å². The number of thiophene rings is 1. The van der Waals surface area contributed by atoms with Crippen LogP contribution < -0.4 is 10.9 Å². The topological polar surface area (TPSA) is 131 Å². The molecule has 0 spiro atoms. The first-order valence-electron chi connectivity index (χ1n) is 14.5. The zero-order valence-corrected chi connectivity index (χ0v) is 25.5. The summed E-state index contributed by atoms with van der Waals surface area (Å²) < 4.78 is 23.8. The van der Waals surface area contributed by atoms with Gasteiger partial charge in [0.05, 0.1) is 22.5 Å². The molecule has 0 saturated carbocycles. The van der Waals surface area contributed by atoms with Crippen LogP contribution in [0.1, 0.15) is 47.5 Å². The largest absolute Gasteiger partial charge is 0.381 e. The van der Waals surface area contributed by atoms with Gasteiger partial charge in [-0.25, -0.2) is 13.4 Å². The highest BCUT2D eigenvalue weighted by Gasteiger charge is 2.35. The number of nitrogens with one attached hydrogen (secondary N) is 3. The zero-order chi connectivity index (χ0) is 29.4. The average molecular weight is 609 g/mol. The van der Waals surface area contributed by atoms with Crippen molar-refractivity contribution >= 4 is 43.8 Å². The number of imidazole rings is 1. The fourth-order valence-corrected chi connectivity index (χ4v) is 7.66. The third kappa shape index (κ3) is 5.88.